The lowest BCUT2D eigenvalue weighted by molar-refractivity contribution is -0.119. The summed E-state index contributed by atoms with van der Waals surface area (Å²) in [5.41, 5.74) is 2.41. The number of nitrogens with zero attached hydrogens (tertiary/aromatic N) is 2. The van der Waals surface area contributed by atoms with Crippen molar-refractivity contribution >= 4 is 11.6 Å². The Morgan fingerprint density at radius 1 is 1.11 bits per heavy atom. The van der Waals surface area contributed by atoms with Crippen LogP contribution in [0.2, 0.25) is 0 Å². The number of piperidine rings is 1. The molecule has 0 bridgehead atoms. The summed E-state index contributed by atoms with van der Waals surface area (Å²) in [7, 11) is 0. The lowest BCUT2D eigenvalue weighted by Crippen LogP contribution is -2.50. The molecule has 0 atom stereocenters. The number of anilines is 1. The Hall–Kier alpha value is -1.39. The van der Waals surface area contributed by atoms with Gasteiger partial charge in [0.2, 0.25) is 5.91 Å². The predicted octanol–water partition coefficient (Wildman–Crippen LogP) is 1.30. The molecule has 1 aromatic carbocycles. The summed E-state index contributed by atoms with van der Waals surface area (Å²) >= 11 is 0. The van der Waals surface area contributed by atoms with Gasteiger partial charge in [-0.2, -0.15) is 0 Å². The smallest absolute Gasteiger partial charge is 0.227 e. The van der Waals surface area contributed by atoms with Crippen LogP contribution in [0.4, 0.5) is 5.69 Å². The van der Waals surface area contributed by atoms with Crippen LogP contribution in [0.15, 0.2) is 24.3 Å². The van der Waals surface area contributed by atoms with Crippen molar-refractivity contribution < 1.29 is 4.79 Å². The molecule has 1 aromatic rings. The summed E-state index contributed by atoms with van der Waals surface area (Å²) < 4.78 is 0. The van der Waals surface area contributed by atoms with Crippen LogP contribution in [-0.4, -0.2) is 30.0 Å². The Kier molecular flexibility index (Phi) is 3.06. The Morgan fingerprint density at radius 2 is 1.83 bits per heavy atom. The maximum absolute atomic E-state index is 12.2. The number of carbonyl (C=O) groups excluding carboxylic acids is 1. The van der Waals surface area contributed by atoms with E-state index in [1.807, 2.05) is 16.0 Å². The van der Waals surface area contributed by atoms with Crippen LogP contribution in [0.1, 0.15) is 24.8 Å². The second kappa shape index (κ2) is 4.71. The third-order valence-electron chi connectivity index (χ3n) is 3.99. The van der Waals surface area contributed by atoms with Gasteiger partial charge in [0.1, 0.15) is 0 Å². The first-order valence-corrected chi connectivity index (χ1v) is 6.65. The zero-order valence-electron chi connectivity index (χ0n) is 10.5. The van der Waals surface area contributed by atoms with Crippen molar-refractivity contribution in [1.82, 2.24) is 5.01 Å². The second-order valence-corrected chi connectivity index (χ2v) is 5.16. The van der Waals surface area contributed by atoms with Crippen LogP contribution >= 0.6 is 0 Å². The van der Waals surface area contributed by atoms with Crippen molar-refractivity contribution in [2.24, 2.45) is 5.84 Å². The number of nitrogens with two attached hydrogens (primary N) is 1. The molecule has 2 N–H and O–H groups in total. The normalized spacial score (nSPS) is 22.1. The second-order valence-electron chi connectivity index (χ2n) is 5.16. The zero-order valence-corrected chi connectivity index (χ0v) is 10.5. The van der Waals surface area contributed by atoms with Gasteiger partial charge in [0.25, 0.3) is 0 Å². The van der Waals surface area contributed by atoms with Gasteiger partial charge in [-0.3, -0.25) is 10.6 Å². The summed E-state index contributed by atoms with van der Waals surface area (Å²) in [4.78, 5) is 14.2. The van der Waals surface area contributed by atoms with Gasteiger partial charge >= 0.3 is 0 Å². The zero-order chi connectivity index (χ0) is 12.5. The number of carbonyl (C=O) groups is 1. The van der Waals surface area contributed by atoms with Crippen molar-refractivity contribution in [3.8, 4) is 0 Å². The van der Waals surface area contributed by atoms with Gasteiger partial charge in [0.15, 0.2) is 0 Å². The molecule has 96 valence electrons. The summed E-state index contributed by atoms with van der Waals surface area (Å²) in [5, 5.41) is 1.84. The van der Waals surface area contributed by atoms with E-state index in [0.717, 1.165) is 38.0 Å². The number of hydrogen-bond acceptors (Lipinski definition) is 3. The minimum atomic E-state index is 0.268. The summed E-state index contributed by atoms with van der Waals surface area (Å²) in [6, 6.07) is 8.59. The number of amides is 1. The fraction of sp³-hybridized carbons (Fsp3) is 0.500. The Balaban J connectivity index is 1.88. The molecule has 3 rings (SSSR count). The van der Waals surface area contributed by atoms with Crippen LogP contribution in [0, 0.1) is 0 Å². The molecule has 0 unspecified atom stereocenters. The van der Waals surface area contributed by atoms with Crippen LogP contribution in [-0.2, 0) is 11.2 Å². The Bertz CT molecular complexity index is 452. The van der Waals surface area contributed by atoms with Gasteiger partial charge in [0, 0.05) is 31.2 Å². The van der Waals surface area contributed by atoms with Crippen molar-refractivity contribution in [1.29, 1.82) is 0 Å². The third-order valence-corrected chi connectivity index (χ3v) is 3.99. The summed E-state index contributed by atoms with van der Waals surface area (Å²) in [6.07, 6.45) is 3.45. The summed E-state index contributed by atoms with van der Waals surface area (Å²) in [6.45, 7) is 1.74. The quantitative estimate of drug-likeness (QED) is 0.759. The van der Waals surface area contributed by atoms with Gasteiger partial charge in [-0.25, -0.2) is 5.01 Å². The number of fused-ring (bicyclic) bond motifs is 1. The van der Waals surface area contributed by atoms with Gasteiger partial charge in [0.05, 0.1) is 0 Å². The first-order valence-electron chi connectivity index (χ1n) is 6.65. The number of benzene rings is 1. The molecular weight excluding hydrogens is 226 g/mol. The molecule has 18 heavy (non-hydrogen) atoms. The van der Waals surface area contributed by atoms with E-state index in [-0.39, 0.29) is 5.91 Å². The number of hydrogen-bond donors (Lipinski definition) is 1. The van der Waals surface area contributed by atoms with Crippen LogP contribution in [0.5, 0.6) is 0 Å². The first kappa shape index (κ1) is 11.7. The number of aryl methyl sites for hydroxylation is 1. The van der Waals surface area contributed by atoms with Crippen molar-refractivity contribution in [2.45, 2.75) is 31.7 Å². The van der Waals surface area contributed by atoms with E-state index in [4.69, 9.17) is 5.84 Å². The molecular formula is C14H19N3O. The largest absolute Gasteiger partial charge is 0.309 e. The maximum Gasteiger partial charge on any atom is 0.227 e. The molecule has 2 aliphatic rings. The average Bonchev–Trinajstić information content (AvgIpc) is 2.40. The van der Waals surface area contributed by atoms with Crippen molar-refractivity contribution in [2.75, 3.05) is 18.0 Å². The predicted molar refractivity (Wildman–Crippen MR) is 71.0 cm³/mol. The minimum Gasteiger partial charge on any atom is -0.309 e. The Labute approximate surface area is 107 Å². The van der Waals surface area contributed by atoms with Crippen LogP contribution < -0.4 is 10.7 Å². The van der Waals surface area contributed by atoms with E-state index in [9.17, 15) is 4.79 Å². The molecule has 2 aliphatic heterocycles. The molecule has 4 heteroatoms. The lowest BCUT2D eigenvalue weighted by atomic mass is 9.96. The molecule has 4 nitrogen and oxygen atoms in total. The molecule has 1 saturated heterocycles. The minimum absolute atomic E-state index is 0.268. The van der Waals surface area contributed by atoms with E-state index in [0.29, 0.717) is 12.5 Å². The standard InChI is InChI=1S/C14H19N3O/c15-16-9-7-12(8-10-16)17-13-4-2-1-3-11(13)5-6-14(17)18/h1-4,12H,5-10,15H2. The van der Waals surface area contributed by atoms with Crippen LogP contribution in [0.3, 0.4) is 0 Å². The number of para-hydroxylation sites is 1. The van der Waals surface area contributed by atoms with Crippen LogP contribution in [0.25, 0.3) is 0 Å². The molecule has 1 amide bonds. The Morgan fingerprint density at radius 3 is 2.61 bits per heavy atom. The lowest BCUT2D eigenvalue weighted by Gasteiger charge is -2.39. The van der Waals surface area contributed by atoms with E-state index >= 15 is 0 Å². The summed E-state index contributed by atoms with van der Waals surface area (Å²) in [5.74, 6) is 6.05. The third kappa shape index (κ3) is 2.02. The van der Waals surface area contributed by atoms with E-state index in [1.165, 1.54) is 5.56 Å². The molecule has 0 aromatic heterocycles. The van der Waals surface area contributed by atoms with Gasteiger partial charge in [-0.15, -0.1) is 0 Å². The van der Waals surface area contributed by atoms with Crippen molar-refractivity contribution in [3.63, 3.8) is 0 Å². The molecule has 2 heterocycles. The highest BCUT2D eigenvalue weighted by atomic mass is 16.2. The highest BCUT2D eigenvalue weighted by Crippen LogP contribution is 2.31. The van der Waals surface area contributed by atoms with Gasteiger partial charge in [-0.05, 0) is 30.9 Å². The molecule has 0 radical (unpaired) electrons. The number of hydrazine groups is 1. The average molecular weight is 245 g/mol. The van der Waals surface area contributed by atoms with Gasteiger partial charge in [-0.1, -0.05) is 18.2 Å². The fourth-order valence-electron chi connectivity index (χ4n) is 3.00. The fourth-order valence-corrected chi connectivity index (χ4v) is 3.00. The molecule has 1 fully saturated rings. The maximum atomic E-state index is 12.2. The molecule has 0 saturated carbocycles. The number of rotatable bonds is 1. The van der Waals surface area contributed by atoms with E-state index in [2.05, 4.69) is 18.2 Å². The van der Waals surface area contributed by atoms with Crippen molar-refractivity contribution in [3.05, 3.63) is 29.8 Å². The highest BCUT2D eigenvalue weighted by Gasteiger charge is 2.31. The monoisotopic (exact) mass is 245 g/mol. The van der Waals surface area contributed by atoms with E-state index < -0.39 is 0 Å². The first-order chi connectivity index (χ1) is 8.75. The topological polar surface area (TPSA) is 49.6 Å². The van der Waals surface area contributed by atoms with E-state index in [1.54, 1.807) is 0 Å². The SMILES string of the molecule is NN1CCC(N2C(=O)CCc3ccccc32)CC1. The van der Waals surface area contributed by atoms with Gasteiger partial charge < -0.3 is 4.90 Å². The highest BCUT2D eigenvalue weighted by molar-refractivity contribution is 5.97. The molecule has 0 spiro atoms. The molecule has 0 aliphatic carbocycles.